The van der Waals surface area contributed by atoms with Crippen molar-refractivity contribution in [3.8, 4) is 11.8 Å². The van der Waals surface area contributed by atoms with Crippen LogP contribution < -0.4 is 10.1 Å². The lowest BCUT2D eigenvalue weighted by Crippen LogP contribution is -2.36. The highest BCUT2D eigenvalue weighted by Gasteiger charge is 2.40. The van der Waals surface area contributed by atoms with Gasteiger partial charge < -0.3 is 14.8 Å². The third kappa shape index (κ3) is 2.89. The molecule has 2 saturated heterocycles. The van der Waals surface area contributed by atoms with Gasteiger partial charge in [-0.2, -0.15) is 5.26 Å². The van der Waals surface area contributed by atoms with Crippen molar-refractivity contribution >= 4 is 0 Å². The highest BCUT2D eigenvalue weighted by Crippen LogP contribution is 2.34. The molecule has 2 fully saturated rings. The number of nitriles is 1. The van der Waals surface area contributed by atoms with Crippen LogP contribution in [0.5, 0.6) is 5.75 Å². The fourth-order valence-corrected chi connectivity index (χ4v) is 2.96. The van der Waals surface area contributed by atoms with Crippen LogP contribution in [0.15, 0.2) is 24.3 Å². The van der Waals surface area contributed by atoms with E-state index >= 15 is 0 Å². The van der Waals surface area contributed by atoms with Crippen molar-refractivity contribution < 1.29 is 9.47 Å². The minimum Gasteiger partial charge on any atom is -0.479 e. The summed E-state index contributed by atoms with van der Waals surface area (Å²) in [5.41, 5.74) is 1.18. The molecule has 100 valence electrons. The van der Waals surface area contributed by atoms with E-state index in [0.717, 1.165) is 18.7 Å². The summed E-state index contributed by atoms with van der Waals surface area (Å²) in [6, 6.07) is 10.4. The van der Waals surface area contributed by atoms with Crippen LogP contribution in [0.4, 0.5) is 0 Å². The predicted octanol–water partition coefficient (Wildman–Crippen LogP) is 2.00. The molecule has 3 atom stereocenters. The van der Waals surface area contributed by atoms with Gasteiger partial charge in [-0.25, -0.2) is 0 Å². The van der Waals surface area contributed by atoms with Crippen molar-refractivity contribution in [2.24, 2.45) is 0 Å². The van der Waals surface area contributed by atoms with Gasteiger partial charge in [0.25, 0.3) is 0 Å². The molecule has 2 aliphatic heterocycles. The molecule has 2 bridgehead atoms. The zero-order valence-electron chi connectivity index (χ0n) is 10.8. The zero-order chi connectivity index (χ0) is 13.1. The Bertz CT molecular complexity index is 483. The minimum absolute atomic E-state index is 0.0943. The molecule has 0 aromatic heterocycles. The Labute approximate surface area is 113 Å². The summed E-state index contributed by atoms with van der Waals surface area (Å²) in [5.74, 6) is 0.755. The van der Waals surface area contributed by atoms with Gasteiger partial charge >= 0.3 is 0 Å². The average Bonchev–Trinajstić information content (AvgIpc) is 3.06. The Balaban J connectivity index is 1.53. The number of benzene rings is 1. The topological polar surface area (TPSA) is 54.3 Å². The summed E-state index contributed by atoms with van der Waals surface area (Å²) in [7, 11) is 0. The third-order valence-electron chi connectivity index (χ3n) is 3.88. The number of fused-ring (bicyclic) bond motifs is 2. The molecular weight excluding hydrogens is 240 g/mol. The lowest BCUT2D eigenvalue weighted by molar-refractivity contribution is 0.0973. The van der Waals surface area contributed by atoms with Crippen molar-refractivity contribution in [1.29, 1.82) is 5.26 Å². The van der Waals surface area contributed by atoms with Crippen molar-refractivity contribution in [3.05, 3.63) is 29.8 Å². The molecule has 1 aromatic rings. The molecule has 0 amide bonds. The van der Waals surface area contributed by atoms with Crippen LogP contribution in [0.25, 0.3) is 0 Å². The summed E-state index contributed by atoms with van der Waals surface area (Å²) in [4.78, 5) is 0. The summed E-state index contributed by atoms with van der Waals surface area (Å²) >= 11 is 0. The van der Waals surface area contributed by atoms with Gasteiger partial charge in [0.2, 0.25) is 0 Å². The zero-order valence-corrected chi connectivity index (χ0v) is 10.8. The number of hydrogen-bond acceptors (Lipinski definition) is 4. The first kappa shape index (κ1) is 12.5. The highest BCUT2D eigenvalue weighted by atomic mass is 16.5. The van der Waals surface area contributed by atoms with Gasteiger partial charge in [-0.15, -0.1) is 0 Å². The van der Waals surface area contributed by atoms with E-state index in [1.165, 1.54) is 18.4 Å². The molecule has 1 aromatic carbocycles. The average molecular weight is 258 g/mol. The van der Waals surface area contributed by atoms with Gasteiger partial charge in [0.1, 0.15) is 11.8 Å². The second-order valence-corrected chi connectivity index (χ2v) is 5.19. The number of nitrogens with zero attached hydrogens (tertiary/aromatic N) is 1. The van der Waals surface area contributed by atoms with Crippen molar-refractivity contribution in [1.82, 2.24) is 5.32 Å². The first-order valence-electron chi connectivity index (χ1n) is 6.82. The van der Waals surface area contributed by atoms with Crippen LogP contribution in [-0.4, -0.2) is 24.9 Å². The quantitative estimate of drug-likeness (QED) is 0.877. The Hall–Kier alpha value is -1.57. The largest absolute Gasteiger partial charge is 0.479 e. The Morgan fingerprint density at radius 1 is 1.42 bits per heavy atom. The van der Waals surface area contributed by atoms with Crippen LogP contribution in [0.3, 0.4) is 0 Å². The number of hydrogen-bond donors (Lipinski definition) is 1. The lowest BCUT2D eigenvalue weighted by atomic mass is 9.95. The van der Waals surface area contributed by atoms with E-state index < -0.39 is 0 Å². The van der Waals surface area contributed by atoms with Crippen molar-refractivity contribution in [2.75, 3.05) is 6.61 Å². The minimum atomic E-state index is 0.0943. The molecule has 4 heteroatoms. The fourth-order valence-electron chi connectivity index (χ4n) is 2.96. The van der Waals surface area contributed by atoms with E-state index in [0.29, 0.717) is 18.2 Å². The predicted molar refractivity (Wildman–Crippen MR) is 70.7 cm³/mol. The summed E-state index contributed by atoms with van der Waals surface area (Å²) in [5, 5.41) is 12.1. The van der Waals surface area contributed by atoms with Gasteiger partial charge in [-0.1, -0.05) is 12.1 Å². The maximum Gasteiger partial charge on any atom is 0.174 e. The molecule has 0 aliphatic carbocycles. The fraction of sp³-hybridized carbons (Fsp3) is 0.533. The summed E-state index contributed by atoms with van der Waals surface area (Å²) in [6.07, 6.45) is 4.43. The van der Waals surface area contributed by atoms with E-state index in [1.54, 1.807) is 0 Å². The molecular formula is C15H18N2O2. The Morgan fingerprint density at radius 3 is 3.11 bits per heavy atom. The molecule has 1 N–H and O–H groups in total. The van der Waals surface area contributed by atoms with E-state index in [1.807, 2.05) is 24.3 Å². The Morgan fingerprint density at radius 2 is 2.37 bits per heavy atom. The van der Waals surface area contributed by atoms with E-state index in [9.17, 15) is 0 Å². The molecule has 4 nitrogen and oxygen atoms in total. The normalized spacial score (nSPS) is 28.3. The number of nitrogens with one attached hydrogen (secondary N) is 1. The number of rotatable bonds is 5. The lowest BCUT2D eigenvalue weighted by Gasteiger charge is -2.20. The second kappa shape index (κ2) is 5.60. The van der Waals surface area contributed by atoms with Gasteiger partial charge in [0.15, 0.2) is 6.61 Å². The SMILES string of the molecule is N#CCOc1cccc(CNC2CC3CCC2O3)c1. The van der Waals surface area contributed by atoms with Crippen LogP contribution in [0, 0.1) is 11.3 Å². The summed E-state index contributed by atoms with van der Waals surface area (Å²) in [6.45, 7) is 0.915. The molecule has 2 aliphatic rings. The van der Waals surface area contributed by atoms with Crippen LogP contribution in [-0.2, 0) is 11.3 Å². The maximum absolute atomic E-state index is 8.50. The molecule has 0 saturated carbocycles. The van der Waals surface area contributed by atoms with Crippen molar-refractivity contribution in [3.63, 3.8) is 0 Å². The van der Waals surface area contributed by atoms with Gasteiger partial charge in [0.05, 0.1) is 12.2 Å². The van der Waals surface area contributed by atoms with Crippen molar-refractivity contribution in [2.45, 2.75) is 44.1 Å². The van der Waals surface area contributed by atoms with Crippen LogP contribution in [0.1, 0.15) is 24.8 Å². The third-order valence-corrected chi connectivity index (χ3v) is 3.88. The van der Waals surface area contributed by atoms with Gasteiger partial charge in [0, 0.05) is 12.6 Å². The van der Waals surface area contributed by atoms with Crippen LogP contribution in [0.2, 0.25) is 0 Å². The number of ether oxygens (including phenoxy) is 2. The smallest absolute Gasteiger partial charge is 0.174 e. The van der Waals surface area contributed by atoms with E-state index in [2.05, 4.69) is 11.4 Å². The van der Waals surface area contributed by atoms with Gasteiger partial charge in [-0.05, 0) is 37.0 Å². The second-order valence-electron chi connectivity index (χ2n) is 5.19. The molecule has 0 radical (unpaired) electrons. The first-order chi connectivity index (χ1) is 9.35. The first-order valence-corrected chi connectivity index (χ1v) is 6.82. The van der Waals surface area contributed by atoms with E-state index in [4.69, 9.17) is 14.7 Å². The molecule has 3 unspecified atom stereocenters. The maximum atomic E-state index is 8.50. The summed E-state index contributed by atoms with van der Waals surface area (Å²) < 4.78 is 11.1. The molecule has 0 spiro atoms. The monoisotopic (exact) mass is 258 g/mol. The van der Waals surface area contributed by atoms with Gasteiger partial charge in [-0.3, -0.25) is 0 Å². The Kier molecular flexibility index (Phi) is 3.67. The molecule has 2 heterocycles. The van der Waals surface area contributed by atoms with Crippen LogP contribution >= 0.6 is 0 Å². The van der Waals surface area contributed by atoms with E-state index in [-0.39, 0.29) is 6.61 Å². The molecule has 19 heavy (non-hydrogen) atoms. The molecule has 3 rings (SSSR count). The highest BCUT2D eigenvalue weighted by molar-refractivity contribution is 5.28. The standard InChI is InChI=1S/C15H18N2O2/c16-6-7-18-12-3-1-2-11(8-12)10-17-14-9-13-4-5-15(14)19-13/h1-3,8,13-15,17H,4-5,7,9-10H2.